The SMILES string of the molecule is CC(=O)NC12CC3CC(C1)CC(C(=O)OCC(=O)c1cc(C)n(-c4ccccc4F)c1C)(C3)C2. The summed E-state index contributed by atoms with van der Waals surface area (Å²) in [6, 6.07) is 8.14. The first-order chi connectivity index (χ1) is 16.1. The van der Waals surface area contributed by atoms with Gasteiger partial charge in [0.15, 0.2) is 6.61 Å². The van der Waals surface area contributed by atoms with Gasteiger partial charge in [0.2, 0.25) is 11.7 Å². The average molecular weight is 467 g/mol. The van der Waals surface area contributed by atoms with Crippen molar-refractivity contribution in [3.05, 3.63) is 53.1 Å². The normalized spacial score (nSPS) is 29.2. The van der Waals surface area contributed by atoms with Gasteiger partial charge in [-0.2, -0.15) is 0 Å². The summed E-state index contributed by atoms with van der Waals surface area (Å²) in [4.78, 5) is 38.2. The van der Waals surface area contributed by atoms with Crippen LogP contribution in [0.3, 0.4) is 0 Å². The van der Waals surface area contributed by atoms with E-state index in [-0.39, 0.29) is 35.6 Å². The van der Waals surface area contributed by atoms with Crippen LogP contribution in [0.5, 0.6) is 0 Å². The van der Waals surface area contributed by atoms with Crippen molar-refractivity contribution in [3.8, 4) is 5.69 Å². The Balaban J connectivity index is 1.32. The molecular weight excluding hydrogens is 435 g/mol. The molecule has 6 nitrogen and oxygen atoms in total. The number of rotatable bonds is 6. The molecule has 2 atom stereocenters. The van der Waals surface area contributed by atoms with Gasteiger partial charge in [0.05, 0.1) is 11.1 Å². The summed E-state index contributed by atoms with van der Waals surface area (Å²) in [7, 11) is 0. The predicted molar refractivity (Wildman–Crippen MR) is 124 cm³/mol. The van der Waals surface area contributed by atoms with Gasteiger partial charge in [-0.25, -0.2) is 4.39 Å². The third-order valence-electron chi connectivity index (χ3n) is 8.09. The lowest BCUT2D eigenvalue weighted by atomic mass is 9.47. The Bertz CT molecular complexity index is 1170. The second-order valence-corrected chi connectivity index (χ2v) is 10.8. The number of para-hydroxylation sites is 1. The highest BCUT2D eigenvalue weighted by molar-refractivity contribution is 5.99. The summed E-state index contributed by atoms with van der Waals surface area (Å²) in [5, 5.41) is 3.15. The average Bonchev–Trinajstić information content (AvgIpc) is 3.04. The van der Waals surface area contributed by atoms with Crippen molar-refractivity contribution >= 4 is 17.7 Å². The van der Waals surface area contributed by atoms with Crippen LogP contribution in [-0.4, -0.2) is 34.4 Å². The third-order valence-corrected chi connectivity index (χ3v) is 8.09. The molecule has 1 heterocycles. The van der Waals surface area contributed by atoms with Gasteiger partial charge < -0.3 is 14.6 Å². The minimum atomic E-state index is -0.628. The van der Waals surface area contributed by atoms with Crippen molar-refractivity contribution in [2.24, 2.45) is 17.3 Å². The van der Waals surface area contributed by atoms with Crippen molar-refractivity contribution in [1.29, 1.82) is 0 Å². The fourth-order valence-corrected chi connectivity index (χ4v) is 7.43. The van der Waals surface area contributed by atoms with Crippen LogP contribution in [0.1, 0.15) is 67.2 Å². The highest BCUT2D eigenvalue weighted by Crippen LogP contribution is 2.62. The molecule has 0 spiro atoms. The van der Waals surface area contributed by atoms with Crippen LogP contribution in [0.2, 0.25) is 0 Å². The lowest BCUT2D eigenvalue weighted by molar-refractivity contribution is -0.174. The number of benzene rings is 1. The number of Topliss-reactive ketones (excluding diaryl/α,β-unsaturated/α-hetero) is 1. The number of ether oxygens (including phenoxy) is 1. The number of hydrogen-bond acceptors (Lipinski definition) is 4. The van der Waals surface area contributed by atoms with Crippen LogP contribution in [0.25, 0.3) is 5.69 Å². The molecule has 0 radical (unpaired) electrons. The molecule has 1 aromatic carbocycles. The Hall–Kier alpha value is -2.96. The molecule has 1 N–H and O–H groups in total. The molecule has 4 fully saturated rings. The van der Waals surface area contributed by atoms with Crippen molar-refractivity contribution in [2.75, 3.05) is 6.61 Å². The van der Waals surface area contributed by atoms with Crippen LogP contribution in [0, 0.1) is 36.9 Å². The van der Waals surface area contributed by atoms with Gasteiger partial charge in [-0.15, -0.1) is 0 Å². The first-order valence-electron chi connectivity index (χ1n) is 12.0. The first-order valence-corrected chi connectivity index (χ1v) is 12.0. The van der Waals surface area contributed by atoms with E-state index in [1.807, 2.05) is 6.92 Å². The molecule has 180 valence electrons. The summed E-state index contributed by atoms with van der Waals surface area (Å²) in [5.41, 5.74) is 1.19. The third kappa shape index (κ3) is 3.75. The lowest BCUT2D eigenvalue weighted by Crippen LogP contribution is -2.64. The number of nitrogens with zero attached hydrogens (tertiary/aromatic N) is 1. The molecule has 2 unspecified atom stereocenters. The first kappa shape index (κ1) is 22.8. The monoisotopic (exact) mass is 466 g/mol. The molecule has 2 aromatic rings. The Kier molecular flexibility index (Phi) is 5.41. The lowest BCUT2D eigenvalue weighted by Gasteiger charge is -2.60. The number of amides is 1. The minimum Gasteiger partial charge on any atom is -0.457 e. The molecule has 0 aliphatic heterocycles. The van der Waals surface area contributed by atoms with E-state index in [1.54, 1.807) is 35.8 Å². The number of hydrogen-bond donors (Lipinski definition) is 1. The zero-order valence-corrected chi connectivity index (χ0v) is 19.9. The van der Waals surface area contributed by atoms with E-state index < -0.39 is 5.41 Å². The Morgan fingerprint density at radius 1 is 1.12 bits per heavy atom. The van der Waals surface area contributed by atoms with Crippen LogP contribution < -0.4 is 5.32 Å². The topological polar surface area (TPSA) is 77.4 Å². The standard InChI is InChI=1S/C27H31FN2O4/c1-16-8-21(17(2)30(16)23-7-5-4-6-22(23)28)24(32)14-34-25(33)26-10-19-9-20(11-26)13-27(12-19,15-26)29-18(3)31/h4-8,19-20H,9-15H2,1-3H3,(H,29,31). The Morgan fingerprint density at radius 2 is 1.79 bits per heavy atom. The molecule has 0 saturated heterocycles. The van der Waals surface area contributed by atoms with Crippen molar-refractivity contribution in [3.63, 3.8) is 0 Å². The number of ketones is 1. The van der Waals surface area contributed by atoms with Crippen LogP contribution in [-0.2, 0) is 14.3 Å². The maximum absolute atomic E-state index is 14.4. The highest BCUT2D eigenvalue weighted by atomic mass is 19.1. The summed E-state index contributed by atoms with van der Waals surface area (Å²) in [6.07, 6.45) is 5.04. The number of carbonyl (C=O) groups excluding carboxylic acids is 3. The molecule has 34 heavy (non-hydrogen) atoms. The van der Waals surface area contributed by atoms with Crippen LogP contribution >= 0.6 is 0 Å². The van der Waals surface area contributed by atoms with Crippen LogP contribution in [0.15, 0.2) is 30.3 Å². The molecule has 7 heteroatoms. The minimum absolute atomic E-state index is 0.0640. The summed E-state index contributed by atoms with van der Waals surface area (Å²) in [6.45, 7) is 4.77. The number of esters is 1. The van der Waals surface area contributed by atoms with E-state index in [0.717, 1.165) is 37.8 Å². The van der Waals surface area contributed by atoms with Crippen molar-refractivity contribution in [1.82, 2.24) is 9.88 Å². The number of aromatic nitrogens is 1. The Morgan fingerprint density at radius 3 is 2.44 bits per heavy atom. The van der Waals surface area contributed by atoms with Gasteiger partial charge in [-0.05, 0) is 82.4 Å². The summed E-state index contributed by atoms with van der Waals surface area (Å²) in [5.74, 6) is -0.263. The Labute approximate surface area is 198 Å². The number of halogens is 1. The van der Waals surface area contributed by atoms with E-state index in [4.69, 9.17) is 4.74 Å². The molecular formula is C27H31FN2O4. The number of aryl methyl sites for hydroxylation is 1. The zero-order valence-electron chi connectivity index (χ0n) is 19.9. The van der Waals surface area contributed by atoms with Crippen molar-refractivity contribution < 1.29 is 23.5 Å². The molecule has 4 aliphatic rings. The largest absolute Gasteiger partial charge is 0.457 e. The summed E-state index contributed by atoms with van der Waals surface area (Å²) >= 11 is 0. The van der Waals surface area contributed by atoms with Gasteiger partial charge in [0, 0.05) is 29.4 Å². The quantitative estimate of drug-likeness (QED) is 0.505. The molecule has 1 amide bonds. The molecule has 4 saturated carbocycles. The van der Waals surface area contributed by atoms with E-state index in [0.29, 0.717) is 35.2 Å². The second-order valence-electron chi connectivity index (χ2n) is 10.8. The fourth-order valence-electron chi connectivity index (χ4n) is 7.43. The fraction of sp³-hybridized carbons (Fsp3) is 0.519. The maximum Gasteiger partial charge on any atom is 0.312 e. The van der Waals surface area contributed by atoms with Gasteiger partial charge in [0.1, 0.15) is 5.82 Å². The van der Waals surface area contributed by atoms with Crippen molar-refractivity contribution in [2.45, 2.75) is 64.8 Å². The van der Waals surface area contributed by atoms with Crippen LogP contribution in [0.4, 0.5) is 4.39 Å². The van der Waals surface area contributed by atoms with E-state index in [1.165, 1.54) is 13.0 Å². The van der Waals surface area contributed by atoms with Gasteiger partial charge >= 0.3 is 5.97 Å². The summed E-state index contributed by atoms with van der Waals surface area (Å²) < 4.78 is 21.7. The molecule has 6 rings (SSSR count). The number of carbonyl (C=O) groups is 3. The molecule has 4 aliphatic carbocycles. The molecule has 1 aromatic heterocycles. The van der Waals surface area contributed by atoms with Gasteiger partial charge in [0.25, 0.3) is 0 Å². The molecule has 4 bridgehead atoms. The van der Waals surface area contributed by atoms with E-state index in [2.05, 4.69) is 5.32 Å². The van der Waals surface area contributed by atoms with Gasteiger partial charge in [-0.3, -0.25) is 14.4 Å². The van der Waals surface area contributed by atoms with E-state index in [9.17, 15) is 18.8 Å². The maximum atomic E-state index is 14.4. The number of nitrogens with one attached hydrogen (secondary N) is 1. The highest BCUT2D eigenvalue weighted by Gasteiger charge is 2.61. The smallest absolute Gasteiger partial charge is 0.312 e. The zero-order chi connectivity index (χ0) is 24.3. The van der Waals surface area contributed by atoms with E-state index >= 15 is 0 Å². The van der Waals surface area contributed by atoms with Gasteiger partial charge in [-0.1, -0.05) is 12.1 Å². The predicted octanol–water partition coefficient (Wildman–Crippen LogP) is 4.43. The second kappa shape index (κ2) is 8.07.